The largest absolute Gasteiger partial charge is 0.484 e. The Morgan fingerprint density at radius 2 is 2.24 bits per heavy atom. The predicted octanol–water partition coefficient (Wildman–Crippen LogP) is 1.31. The fraction of sp³-hybridized carbons (Fsp3) is 0.462. The Morgan fingerprint density at radius 3 is 2.94 bits per heavy atom. The lowest BCUT2D eigenvalue weighted by Gasteiger charge is -2.08. The lowest BCUT2D eigenvalue weighted by atomic mass is 10.2. The monoisotopic (exact) mass is 236 g/mol. The zero-order valence-corrected chi connectivity index (χ0v) is 10.5. The van der Waals surface area contributed by atoms with Crippen molar-refractivity contribution in [3.05, 3.63) is 29.8 Å². The van der Waals surface area contributed by atoms with Crippen LogP contribution in [0.5, 0.6) is 5.75 Å². The van der Waals surface area contributed by atoms with Crippen molar-refractivity contribution in [3.8, 4) is 5.75 Å². The van der Waals surface area contributed by atoms with Gasteiger partial charge in [-0.1, -0.05) is 19.1 Å². The van der Waals surface area contributed by atoms with Gasteiger partial charge in [0.25, 0.3) is 5.91 Å². The zero-order valence-electron chi connectivity index (χ0n) is 10.5. The molecule has 17 heavy (non-hydrogen) atoms. The molecule has 1 aromatic carbocycles. The molecule has 0 saturated heterocycles. The summed E-state index contributed by atoms with van der Waals surface area (Å²) in [6.07, 6.45) is 0.934. The van der Waals surface area contributed by atoms with Crippen LogP contribution in [-0.2, 0) is 11.3 Å². The normalized spacial score (nSPS) is 10.0. The molecule has 0 spiro atoms. The van der Waals surface area contributed by atoms with E-state index in [0.29, 0.717) is 6.54 Å². The minimum Gasteiger partial charge on any atom is -0.484 e. The lowest BCUT2D eigenvalue weighted by molar-refractivity contribution is -0.123. The number of ether oxygens (including phenoxy) is 1. The molecule has 4 heteroatoms. The lowest BCUT2D eigenvalue weighted by Crippen LogP contribution is -2.29. The molecule has 0 aliphatic carbocycles. The van der Waals surface area contributed by atoms with E-state index >= 15 is 0 Å². The van der Waals surface area contributed by atoms with Crippen LogP contribution in [0.4, 0.5) is 0 Å². The smallest absolute Gasteiger partial charge is 0.257 e. The highest BCUT2D eigenvalue weighted by molar-refractivity contribution is 5.77. The minimum absolute atomic E-state index is 0.0724. The van der Waals surface area contributed by atoms with Crippen molar-refractivity contribution < 1.29 is 9.53 Å². The van der Waals surface area contributed by atoms with Crippen molar-refractivity contribution in [2.45, 2.75) is 19.9 Å². The van der Waals surface area contributed by atoms with E-state index in [-0.39, 0.29) is 12.5 Å². The van der Waals surface area contributed by atoms with Crippen LogP contribution in [-0.4, -0.2) is 26.1 Å². The number of carbonyl (C=O) groups is 1. The highest BCUT2D eigenvalue weighted by atomic mass is 16.5. The molecular weight excluding hydrogens is 216 g/mol. The molecule has 1 aromatic rings. The van der Waals surface area contributed by atoms with E-state index in [9.17, 15) is 4.79 Å². The molecule has 0 bridgehead atoms. The Balaban J connectivity index is 2.40. The Labute approximate surface area is 102 Å². The molecule has 0 saturated carbocycles. The van der Waals surface area contributed by atoms with E-state index in [0.717, 1.165) is 24.3 Å². The first kappa shape index (κ1) is 13.5. The molecule has 94 valence electrons. The summed E-state index contributed by atoms with van der Waals surface area (Å²) in [4.78, 5) is 11.3. The maximum absolute atomic E-state index is 11.3. The molecule has 0 aromatic heterocycles. The zero-order chi connectivity index (χ0) is 12.5. The van der Waals surface area contributed by atoms with Gasteiger partial charge in [0.15, 0.2) is 6.61 Å². The Morgan fingerprint density at radius 1 is 1.41 bits per heavy atom. The van der Waals surface area contributed by atoms with Gasteiger partial charge in [0.05, 0.1) is 0 Å². The average molecular weight is 236 g/mol. The average Bonchev–Trinajstić information content (AvgIpc) is 2.35. The molecule has 0 heterocycles. The molecular formula is C13H20N2O2. The third-order valence-electron chi connectivity index (χ3n) is 2.22. The van der Waals surface area contributed by atoms with Crippen LogP contribution in [0.15, 0.2) is 24.3 Å². The molecule has 2 N–H and O–H groups in total. The van der Waals surface area contributed by atoms with Gasteiger partial charge in [-0.2, -0.15) is 0 Å². The van der Waals surface area contributed by atoms with Gasteiger partial charge in [0.2, 0.25) is 0 Å². The number of hydrogen-bond donors (Lipinski definition) is 2. The summed E-state index contributed by atoms with van der Waals surface area (Å²) in [5, 5.41) is 5.84. The van der Waals surface area contributed by atoms with Crippen molar-refractivity contribution in [2.75, 3.05) is 20.2 Å². The van der Waals surface area contributed by atoms with Crippen LogP contribution in [0.1, 0.15) is 18.9 Å². The summed E-state index contributed by atoms with van der Waals surface area (Å²) in [6, 6.07) is 7.72. The van der Waals surface area contributed by atoms with Crippen molar-refractivity contribution in [1.82, 2.24) is 10.6 Å². The quantitative estimate of drug-likeness (QED) is 0.750. The highest BCUT2D eigenvalue weighted by Crippen LogP contribution is 2.12. The van der Waals surface area contributed by atoms with Crippen molar-refractivity contribution in [2.24, 2.45) is 0 Å². The highest BCUT2D eigenvalue weighted by Gasteiger charge is 2.02. The first-order chi connectivity index (χ1) is 8.26. The van der Waals surface area contributed by atoms with Crippen molar-refractivity contribution in [1.29, 1.82) is 0 Å². The maximum atomic E-state index is 11.3. The number of nitrogens with one attached hydrogen (secondary N) is 2. The first-order valence-electron chi connectivity index (χ1n) is 5.89. The molecule has 0 unspecified atom stereocenters. The maximum Gasteiger partial charge on any atom is 0.257 e. The minimum atomic E-state index is -0.0779. The van der Waals surface area contributed by atoms with Gasteiger partial charge in [0.1, 0.15) is 5.75 Å². The van der Waals surface area contributed by atoms with Crippen LogP contribution in [0.25, 0.3) is 0 Å². The van der Waals surface area contributed by atoms with E-state index < -0.39 is 0 Å². The summed E-state index contributed by atoms with van der Waals surface area (Å²) in [5.41, 5.74) is 1.14. The fourth-order valence-electron chi connectivity index (χ4n) is 1.41. The van der Waals surface area contributed by atoms with Crippen molar-refractivity contribution in [3.63, 3.8) is 0 Å². The Kier molecular flexibility index (Phi) is 6.10. The van der Waals surface area contributed by atoms with Gasteiger partial charge in [-0.05, 0) is 31.2 Å². The van der Waals surface area contributed by atoms with E-state index in [2.05, 4.69) is 10.6 Å². The third kappa shape index (κ3) is 5.36. The predicted molar refractivity (Wildman–Crippen MR) is 68.0 cm³/mol. The number of amides is 1. The Hall–Kier alpha value is -1.55. The summed E-state index contributed by atoms with van der Waals surface area (Å²) in [5.74, 6) is 0.648. The standard InChI is InChI=1S/C13H20N2O2/c1-3-7-15-13(16)10-17-12-6-4-5-11(8-12)9-14-2/h4-6,8,14H,3,7,9-10H2,1-2H3,(H,15,16). The molecule has 0 atom stereocenters. The Bertz CT molecular complexity index is 353. The molecule has 1 amide bonds. The second kappa shape index (κ2) is 7.68. The number of rotatable bonds is 7. The fourth-order valence-corrected chi connectivity index (χ4v) is 1.41. The summed E-state index contributed by atoms with van der Waals surface area (Å²) < 4.78 is 5.41. The number of benzene rings is 1. The molecule has 4 nitrogen and oxygen atoms in total. The van der Waals surface area contributed by atoms with Gasteiger partial charge in [-0.15, -0.1) is 0 Å². The molecule has 0 aliphatic rings. The van der Waals surface area contributed by atoms with Gasteiger partial charge in [-0.25, -0.2) is 0 Å². The van der Waals surface area contributed by atoms with Gasteiger partial charge in [0, 0.05) is 13.1 Å². The molecule has 1 rings (SSSR count). The second-order valence-electron chi connectivity index (χ2n) is 3.82. The molecule has 0 fully saturated rings. The molecule has 0 radical (unpaired) electrons. The van der Waals surface area contributed by atoms with Crippen LogP contribution in [0.3, 0.4) is 0 Å². The van der Waals surface area contributed by atoms with Gasteiger partial charge in [-0.3, -0.25) is 4.79 Å². The van der Waals surface area contributed by atoms with Crippen LogP contribution >= 0.6 is 0 Å². The summed E-state index contributed by atoms with van der Waals surface area (Å²) in [7, 11) is 1.89. The summed E-state index contributed by atoms with van der Waals surface area (Å²) >= 11 is 0. The van der Waals surface area contributed by atoms with E-state index in [1.807, 2.05) is 38.2 Å². The van der Waals surface area contributed by atoms with E-state index in [1.165, 1.54) is 0 Å². The van der Waals surface area contributed by atoms with Gasteiger partial charge < -0.3 is 15.4 Å². The number of hydrogen-bond acceptors (Lipinski definition) is 3. The third-order valence-corrected chi connectivity index (χ3v) is 2.22. The topological polar surface area (TPSA) is 50.4 Å². The van der Waals surface area contributed by atoms with E-state index in [4.69, 9.17) is 4.74 Å². The SMILES string of the molecule is CCCNC(=O)COc1cccc(CNC)c1. The van der Waals surface area contributed by atoms with Crippen LogP contribution in [0, 0.1) is 0 Å². The number of carbonyl (C=O) groups excluding carboxylic acids is 1. The first-order valence-corrected chi connectivity index (χ1v) is 5.89. The van der Waals surface area contributed by atoms with Crippen LogP contribution in [0.2, 0.25) is 0 Å². The molecule has 0 aliphatic heterocycles. The van der Waals surface area contributed by atoms with Gasteiger partial charge >= 0.3 is 0 Å². The summed E-state index contributed by atoms with van der Waals surface area (Å²) in [6.45, 7) is 3.58. The van der Waals surface area contributed by atoms with E-state index in [1.54, 1.807) is 0 Å². The van der Waals surface area contributed by atoms with Crippen molar-refractivity contribution >= 4 is 5.91 Å². The second-order valence-corrected chi connectivity index (χ2v) is 3.82. The van der Waals surface area contributed by atoms with Crippen LogP contribution < -0.4 is 15.4 Å².